The fourth-order valence-corrected chi connectivity index (χ4v) is 5.60. The summed E-state index contributed by atoms with van der Waals surface area (Å²) >= 11 is 0. The number of likely N-dealkylation sites (N-methyl/N-ethyl adjacent to an activating group) is 1. The Bertz CT molecular complexity index is 1340. The minimum atomic E-state index is -4.64. The summed E-state index contributed by atoms with van der Waals surface area (Å²) in [6, 6.07) is 2.50. The van der Waals surface area contributed by atoms with Crippen molar-refractivity contribution in [3.63, 3.8) is 0 Å². The number of halogens is 1. The molecule has 0 aromatic heterocycles. The van der Waals surface area contributed by atoms with Crippen LogP contribution in [0.4, 0.5) is 0 Å². The van der Waals surface area contributed by atoms with Crippen molar-refractivity contribution in [3.05, 3.63) is 46.2 Å². The Morgan fingerprint density at radius 1 is 1.08 bits per heavy atom. The summed E-state index contributed by atoms with van der Waals surface area (Å²) in [5.74, 6) is -9.67. The number of aliphatic hydroxyl groups is 5. The Morgan fingerprint density at radius 2 is 1.59 bits per heavy atom. The highest BCUT2D eigenvalue weighted by Gasteiger charge is 2.70. The van der Waals surface area contributed by atoms with Crippen molar-refractivity contribution >= 4 is 43.5 Å². The number of carbonyl (C=O) groups is 3. The van der Waals surface area contributed by atoms with E-state index in [1.54, 1.807) is 0 Å². The number of aliphatic hydroxyl groups excluding tert-OH is 3. The highest BCUT2D eigenvalue weighted by Crippen LogP contribution is 2.57. The normalized spacial score (nSPS) is 31.9. The van der Waals surface area contributed by atoms with Crippen molar-refractivity contribution in [1.29, 1.82) is 0 Å². The van der Waals surface area contributed by atoms with Gasteiger partial charge in [-0.1, -0.05) is 12.1 Å². The zero-order valence-corrected chi connectivity index (χ0v) is 22.3. The van der Waals surface area contributed by atoms with Crippen molar-refractivity contribution < 1.29 is 64.3 Å². The fraction of sp³-hybridized carbons (Fsp3) is 0.409. The number of ketones is 2. The van der Waals surface area contributed by atoms with Crippen molar-refractivity contribution in [2.75, 3.05) is 14.1 Å². The maximum Gasteiger partial charge on any atom is 0.466 e. The number of benzene rings is 1. The lowest BCUT2D eigenvalue weighted by Gasteiger charge is -2.55. The number of phosphoric acid groups is 1. The zero-order valence-electron chi connectivity index (χ0n) is 20.6. The van der Waals surface area contributed by atoms with Gasteiger partial charge in [0.05, 0.1) is 40.7 Å². The van der Waals surface area contributed by atoms with E-state index in [4.69, 9.17) is 25.0 Å². The number of phenolic OH excluding ortho intramolecular Hbond substituents is 1. The molecule has 11 N–H and O–H groups in total. The lowest BCUT2D eigenvalue weighted by atomic mass is 9.53. The third-order valence-electron chi connectivity index (χ3n) is 7.03. The number of phenols is 1. The number of nitrogens with zero attached hydrogens (tertiary/aromatic N) is 1. The molecule has 3 aliphatic rings. The second-order valence-electron chi connectivity index (χ2n) is 9.57. The molecule has 3 aliphatic carbocycles. The molecule has 1 amide bonds. The molecule has 1 saturated carbocycles. The van der Waals surface area contributed by atoms with Crippen LogP contribution in [-0.2, 0) is 24.5 Å². The lowest BCUT2D eigenvalue weighted by Crippen LogP contribution is -2.71. The van der Waals surface area contributed by atoms with Crippen LogP contribution in [0.25, 0.3) is 5.76 Å². The monoisotopic (exact) mass is 594 g/mol. The minimum Gasteiger partial charge on any atom is -0.508 e. The molecule has 6 atom stereocenters. The van der Waals surface area contributed by atoms with E-state index in [1.165, 1.54) is 44.1 Å². The van der Waals surface area contributed by atoms with E-state index in [0.29, 0.717) is 0 Å². The molecule has 39 heavy (non-hydrogen) atoms. The number of hydrogen-bond donors (Lipinski definition) is 10. The van der Waals surface area contributed by atoms with Crippen LogP contribution in [0.2, 0.25) is 0 Å². The van der Waals surface area contributed by atoms with E-state index < -0.39 is 88.9 Å². The number of amides is 1. The van der Waals surface area contributed by atoms with E-state index in [0.717, 1.165) is 0 Å². The quantitative estimate of drug-likeness (QED) is 0.132. The number of hydrogen-bond acceptors (Lipinski definition) is 11. The van der Waals surface area contributed by atoms with E-state index in [1.807, 2.05) is 0 Å². The summed E-state index contributed by atoms with van der Waals surface area (Å²) in [6.45, 7) is 1.25. The summed E-state index contributed by atoms with van der Waals surface area (Å²) in [5.41, 5.74) is -1.78. The average molecular weight is 595 g/mol. The van der Waals surface area contributed by atoms with Gasteiger partial charge in [0.2, 0.25) is 5.78 Å². The number of primary amides is 1. The third kappa shape index (κ3) is 4.86. The molecule has 1 aromatic rings. The molecule has 0 spiro atoms. The number of Topliss-reactive ketones (excluding diaryl/α,β-unsaturated/α-hetero) is 2. The smallest absolute Gasteiger partial charge is 0.466 e. The molecule has 15 nitrogen and oxygen atoms in total. The molecule has 1 fully saturated rings. The first-order chi connectivity index (χ1) is 17.2. The molecule has 0 radical (unpaired) electrons. The van der Waals surface area contributed by atoms with Gasteiger partial charge in [0.1, 0.15) is 22.8 Å². The van der Waals surface area contributed by atoms with Gasteiger partial charge in [-0.3, -0.25) is 19.3 Å². The number of nitrogens with two attached hydrogens (primary N) is 1. The van der Waals surface area contributed by atoms with Gasteiger partial charge in [0, 0.05) is 0 Å². The van der Waals surface area contributed by atoms with Gasteiger partial charge < -0.3 is 51.1 Å². The third-order valence-corrected chi connectivity index (χ3v) is 7.03. The molecule has 4 rings (SSSR count). The van der Waals surface area contributed by atoms with Crippen molar-refractivity contribution in [2.24, 2.45) is 17.6 Å². The first kappa shape index (κ1) is 32.4. The summed E-state index contributed by atoms with van der Waals surface area (Å²) in [5, 5.41) is 66.3. The summed E-state index contributed by atoms with van der Waals surface area (Å²) < 4.78 is 8.88. The van der Waals surface area contributed by atoms with E-state index in [9.17, 15) is 45.0 Å². The Kier molecular flexibility index (Phi) is 8.53. The van der Waals surface area contributed by atoms with Gasteiger partial charge in [0.15, 0.2) is 11.4 Å². The maximum atomic E-state index is 13.7. The highest BCUT2D eigenvalue weighted by atomic mass is 35.5. The topological polar surface area (TPSA) is 280 Å². The molecular formula is C22H28ClN2O13P. The van der Waals surface area contributed by atoms with Crippen LogP contribution in [0.3, 0.4) is 0 Å². The first-order valence-corrected chi connectivity index (χ1v) is 12.4. The number of rotatable bonds is 2. The van der Waals surface area contributed by atoms with Gasteiger partial charge in [-0.05, 0) is 32.6 Å². The second-order valence-corrected chi connectivity index (χ2v) is 10.6. The maximum absolute atomic E-state index is 13.7. The Balaban J connectivity index is 0.000000816. The molecule has 0 bridgehead atoms. The number of carbonyl (C=O) groups excluding carboxylic acids is 3. The van der Waals surface area contributed by atoms with Gasteiger partial charge >= 0.3 is 7.82 Å². The zero-order chi connectivity index (χ0) is 29.3. The van der Waals surface area contributed by atoms with Crippen LogP contribution in [0.1, 0.15) is 18.1 Å². The number of aromatic hydroxyl groups is 1. The Morgan fingerprint density at radius 3 is 2.05 bits per heavy atom. The standard InChI is InChI=1S/C22H24N2O9.ClH.H3O4P/c1-21(32)7-5-4-6-8(25)9(7)15(26)10-12(21)17(28)13-14(24(2)3)16(27)11(20(23)31)19(30)22(13,33)18(10)29;;1-5(2,3)4/h4-6,12-14,17,25-26,28,30,32-33H,1-3H3,(H2,23,31);1H;(H3,1,2,3,4). The molecule has 0 aliphatic heterocycles. The summed E-state index contributed by atoms with van der Waals surface area (Å²) in [4.78, 5) is 61.5. The van der Waals surface area contributed by atoms with Gasteiger partial charge in [0.25, 0.3) is 5.91 Å². The summed E-state index contributed by atoms with van der Waals surface area (Å²) in [7, 11) is -1.84. The Hall–Kier alpha value is -2.85. The van der Waals surface area contributed by atoms with E-state index >= 15 is 0 Å². The Labute approximate surface area is 226 Å². The van der Waals surface area contributed by atoms with Gasteiger partial charge in [-0.2, -0.15) is 0 Å². The van der Waals surface area contributed by atoms with Crippen molar-refractivity contribution in [2.45, 2.75) is 30.3 Å². The van der Waals surface area contributed by atoms with Crippen molar-refractivity contribution in [3.8, 4) is 5.75 Å². The fourth-order valence-electron chi connectivity index (χ4n) is 5.60. The van der Waals surface area contributed by atoms with E-state index in [2.05, 4.69) is 0 Å². The molecule has 0 saturated heterocycles. The average Bonchev–Trinajstić information content (AvgIpc) is 2.75. The van der Waals surface area contributed by atoms with Crippen LogP contribution in [0, 0.1) is 11.8 Å². The highest BCUT2D eigenvalue weighted by molar-refractivity contribution is 7.45. The van der Waals surface area contributed by atoms with Crippen LogP contribution >= 0.6 is 20.2 Å². The second kappa shape index (κ2) is 10.3. The molecule has 17 heteroatoms. The SMILES string of the molecule is CN(C)C1C(=O)C(C(N)=O)=C(O)C2(O)C(=O)C3=C(O)c4c(O)cccc4C(C)(O)C3C(O)C12.Cl.O=P(O)(O)O. The molecule has 0 heterocycles. The summed E-state index contributed by atoms with van der Waals surface area (Å²) in [6.07, 6.45) is -1.87. The predicted molar refractivity (Wildman–Crippen MR) is 133 cm³/mol. The molecule has 216 valence electrons. The first-order valence-electron chi connectivity index (χ1n) is 10.9. The van der Waals surface area contributed by atoms with Gasteiger partial charge in [-0.15, -0.1) is 12.4 Å². The lowest BCUT2D eigenvalue weighted by molar-refractivity contribution is -0.181. The molecule has 1 aromatic carbocycles. The number of fused-ring (bicyclic) bond motifs is 3. The van der Waals surface area contributed by atoms with Crippen LogP contribution in [-0.4, -0.2) is 99.5 Å². The molecule has 6 unspecified atom stereocenters. The van der Waals surface area contributed by atoms with Gasteiger partial charge in [-0.25, -0.2) is 4.57 Å². The molecular weight excluding hydrogens is 567 g/mol. The van der Waals surface area contributed by atoms with E-state index in [-0.39, 0.29) is 23.5 Å². The minimum absolute atomic E-state index is 0. The predicted octanol–water partition coefficient (Wildman–Crippen LogP) is -1.91. The van der Waals surface area contributed by atoms with Crippen LogP contribution < -0.4 is 5.73 Å². The largest absolute Gasteiger partial charge is 0.508 e. The van der Waals surface area contributed by atoms with Crippen LogP contribution in [0.15, 0.2) is 35.1 Å². The van der Waals surface area contributed by atoms with Crippen molar-refractivity contribution in [1.82, 2.24) is 4.90 Å². The van der Waals surface area contributed by atoms with Crippen LogP contribution in [0.5, 0.6) is 5.75 Å².